The number of rotatable bonds is 3. The molecule has 29 heavy (non-hydrogen) atoms. The van der Waals surface area contributed by atoms with Gasteiger partial charge in [0, 0.05) is 25.2 Å². The van der Waals surface area contributed by atoms with Gasteiger partial charge in [-0.1, -0.05) is 30.3 Å². The van der Waals surface area contributed by atoms with Crippen LogP contribution in [-0.4, -0.2) is 47.9 Å². The second kappa shape index (κ2) is 7.07. The van der Waals surface area contributed by atoms with Gasteiger partial charge in [0.15, 0.2) is 0 Å². The molecule has 0 aliphatic carbocycles. The van der Waals surface area contributed by atoms with Gasteiger partial charge in [0.1, 0.15) is 5.82 Å². The van der Waals surface area contributed by atoms with Crippen LogP contribution < -0.4 is 4.90 Å². The van der Waals surface area contributed by atoms with E-state index in [0.29, 0.717) is 11.4 Å². The lowest BCUT2D eigenvalue weighted by molar-refractivity contribution is 0.192. The maximum Gasteiger partial charge on any atom is 0.243 e. The summed E-state index contributed by atoms with van der Waals surface area (Å²) in [5.41, 5.74) is 1.50. The van der Waals surface area contributed by atoms with Gasteiger partial charge >= 0.3 is 0 Å². The van der Waals surface area contributed by atoms with Crippen molar-refractivity contribution >= 4 is 26.9 Å². The zero-order valence-electron chi connectivity index (χ0n) is 16.2. The normalized spacial score (nSPS) is 19.8. The van der Waals surface area contributed by atoms with Crippen molar-refractivity contribution in [2.75, 3.05) is 24.5 Å². The molecule has 1 spiro atoms. The Balaban J connectivity index is 1.38. The van der Waals surface area contributed by atoms with Gasteiger partial charge in [0.25, 0.3) is 0 Å². The fraction of sp³-hybridized carbons (Fsp3) is 0.364. The minimum absolute atomic E-state index is 0.282. The van der Waals surface area contributed by atoms with Crippen LogP contribution in [0.15, 0.2) is 65.7 Å². The lowest BCUT2D eigenvalue weighted by Gasteiger charge is -2.44. The molecular weight excluding hydrogens is 384 g/mol. The number of fused-ring (bicyclic) bond motifs is 1. The highest BCUT2D eigenvalue weighted by molar-refractivity contribution is 7.89. The highest BCUT2D eigenvalue weighted by Gasteiger charge is 2.49. The number of hydrogen-bond acceptors (Lipinski definition) is 5. The summed E-state index contributed by atoms with van der Waals surface area (Å²) in [7, 11) is -3.47. The van der Waals surface area contributed by atoms with Crippen molar-refractivity contribution in [2.45, 2.75) is 36.1 Å². The van der Waals surface area contributed by atoms with Crippen LogP contribution >= 0.6 is 0 Å². The zero-order valence-corrected chi connectivity index (χ0v) is 17.1. The first-order valence-corrected chi connectivity index (χ1v) is 11.6. The lowest BCUT2D eigenvalue weighted by atomic mass is 9.86. The number of nitrogens with zero attached hydrogens (tertiary/aromatic N) is 4. The first kappa shape index (κ1) is 18.5. The molecule has 2 aromatic carbocycles. The van der Waals surface area contributed by atoms with Crippen LogP contribution in [0.4, 0.5) is 5.82 Å². The van der Waals surface area contributed by atoms with Crippen LogP contribution in [0.1, 0.15) is 25.7 Å². The quantitative estimate of drug-likeness (QED) is 0.664. The summed E-state index contributed by atoms with van der Waals surface area (Å²) in [6, 6.07) is 16.7. The molecular formula is C22H24N4O2S. The van der Waals surface area contributed by atoms with Crippen molar-refractivity contribution < 1.29 is 8.42 Å². The van der Waals surface area contributed by atoms with E-state index in [9.17, 15) is 8.42 Å². The predicted molar refractivity (Wildman–Crippen MR) is 113 cm³/mol. The molecule has 0 radical (unpaired) electrons. The van der Waals surface area contributed by atoms with Crippen LogP contribution in [0, 0.1) is 0 Å². The molecule has 2 aliphatic rings. The second-order valence-corrected chi connectivity index (χ2v) is 9.78. The topological polar surface area (TPSA) is 66.4 Å². The summed E-state index contributed by atoms with van der Waals surface area (Å²) in [5, 5.41) is 0. The Kier molecular flexibility index (Phi) is 4.52. The summed E-state index contributed by atoms with van der Waals surface area (Å²) >= 11 is 0. The van der Waals surface area contributed by atoms with E-state index in [0.717, 1.165) is 55.6 Å². The molecule has 0 unspecified atom stereocenters. The van der Waals surface area contributed by atoms with Crippen molar-refractivity contribution in [2.24, 2.45) is 0 Å². The molecule has 3 heterocycles. The Morgan fingerprint density at radius 1 is 0.828 bits per heavy atom. The summed E-state index contributed by atoms with van der Waals surface area (Å²) in [5.74, 6) is 0.869. The predicted octanol–water partition coefficient (Wildman–Crippen LogP) is 3.45. The second-order valence-electron chi connectivity index (χ2n) is 7.92. The van der Waals surface area contributed by atoms with Crippen molar-refractivity contribution in [3.05, 3.63) is 60.8 Å². The third kappa shape index (κ3) is 3.18. The summed E-state index contributed by atoms with van der Waals surface area (Å²) in [4.78, 5) is 11.9. The van der Waals surface area contributed by atoms with E-state index in [1.807, 2.05) is 36.5 Å². The van der Waals surface area contributed by atoms with Gasteiger partial charge in [-0.2, -0.15) is 4.31 Å². The van der Waals surface area contributed by atoms with Gasteiger partial charge < -0.3 is 4.90 Å². The van der Waals surface area contributed by atoms with Crippen LogP contribution in [0.5, 0.6) is 0 Å². The average molecular weight is 409 g/mol. The molecule has 6 nitrogen and oxygen atoms in total. The Morgan fingerprint density at radius 2 is 1.52 bits per heavy atom. The zero-order chi connectivity index (χ0) is 19.9. The Labute approximate surface area is 171 Å². The molecule has 0 atom stereocenters. The highest BCUT2D eigenvalue weighted by atomic mass is 32.2. The van der Waals surface area contributed by atoms with Gasteiger partial charge in [0.2, 0.25) is 10.0 Å². The molecule has 3 aromatic rings. The molecule has 0 saturated carbocycles. The number of hydrogen-bond donors (Lipinski definition) is 0. The van der Waals surface area contributed by atoms with E-state index in [1.54, 1.807) is 28.6 Å². The molecule has 150 valence electrons. The van der Waals surface area contributed by atoms with E-state index in [1.165, 1.54) is 0 Å². The van der Waals surface area contributed by atoms with Gasteiger partial charge in [-0.3, -0.25) is 4.98 Å². The molecule has 7 heteroatoms. The standard InChI is InChI=1S/C22H24N4O2S/c27-29(28,18-7-2-1-3-8-18)26-14-6-11-22(26)12-15-25(16-13-22)21-17-23-19-9-4-5-10-20(19)24-21/h1-5,7-10,17H,6,11-16H2. The van der Waals surface area contributed by atoms with Crippen LogP contribution in [0.2, 0.25) is 0 Å². The SMILES string of the molecule is O=S(=O)(c1ccccc1)N1CCCC12CCN(c1cnc3ccccc3n1)CC2. The van der Waals surface area contributed by atoms with Gasteiger partial charge in [-0.05, 0) is 49.9 Å². The number of anilines is 1. The average Bonchev–Trinajstić information content (AvgIpc) is 3.18. The highest BCUT2D eigenvalue weighted by Crippen LogP contribution is 2.42. The number of benzene rings is 2. The summed E-state index contributed by atoms with van der Waals surface area (Å²) in [6.45, 7) is 2.18. The number of sulfonamides is 1. The Hall–Kier alpha value is -2.51. The third-order valence-corrected chi connectivity index (χ3v) is 8.34. The van der Waals surface area contributed by atoms with Gasteiger partial charge in [-0.25, -0.2) is 13.4 Å². The molecule has 2 saturated heterocycles. The number of piperidine rings is 1. The molecule has 0 bridgehead atoms. The summed E-state index contributed by atoms with van der Waals surface area (Å²) in [6.07, 6.45) is 5.30. The molecule has 2 fully saturated rings. The van der Waals surface area contributed by atoms with Crippen LogP contribution in [0.3, 0.4) is 0 Å². The molecule has 2 aliphatic heterocycles. The van der Waals surface area contributed by atoms with Crippen molar-refractivity contribution in [1.82, 2.24) is 14.3 Å². The van der Waals surface area contributed by atoms with Gasteiger partial charge in [-0.15, -0.1) is 0 Å². The van der Waals surface area contributed by atoms with E-state index < -0.39 is 10.0 Å². The summed E-state index contributed by atoms with van der Waals surface area (Å²) < 4.78 is 28.4. The largest absolute Gasteiger partial charge is 0.355 e. The Morgan fingerprint density at radius 3 is 2.28 bits per heavy atom. The first-order valence-electron chi connectivity index (χ1n) is 10.1. The maximum atomic E-state index is 13.3. The van der Waals surface area contributed by atoms with Crippen LogP contribution in [0.25, 0.3) is 11.0 Å². The third-order valence-electron chi connectivity index (χ3n) is 6.32. The molecule has 0 N–H and O–H groups in total. The first-order chi connectivity index (χ1) is 14.1. The molecule has 0 amide bonds. The minimum Gasteiger partial charge on any atom is -0.355 e. The maximum absolute atomic E-state index is 13.3. The van der Waals surface area contributed by atoms with E-state index in [4.69, 9.17) is 4.98 Å². The van der Waals surface area contributed by atoms with Gasteiger partial charge in [0.05, 0.1) is 22.1 Å². The molecule has 1 aromatic heterocycles. The monoisotopic (exact) mass is 408 g/mol. The number of para-hydroxylation sites is 2. The van der Waals surface area contributed by atoms with E-state index >= 15 is 0 Å². The molecule has 5 rings (SSSR count). The smallest absolute Gasteiger partial charge is 0.243 e. The van der Waals surface area contributed by atoms with E-state index in [2.05, 4.69) is 9.88 Å². The fourth-order valence-electron chi connectivity index (χ4n) is 4.76. The van der Waals surface area contributed by atoms with E-state index in [-0.39, 0.29) is 5.54 Å². The van der Waals surface area contributed by atoms with Crippen LogP contribution in [-0.2, 0) is 10.0 Å². The van der Waals surface area contributed by atoms with Crippen molar-refractivity contribution in [1.29, 1.82) is 0 Å². The Bertz CT molecular complexity index is 1130. The lowest BCUT2D eigenvalue weighted by Crippen LogP contribution is -2.54. The van der Waals surface area contributed by atoms with Crippen molar-refractivity contribution in [3.8, 4) is 0 Å². The minimum atomic E-state index is -3.47. The number of aromatic nitrogens is 2. The van der Waals surface area contributed by atoms with Crippen molar-refractivity contribution in [3.63, 3.8) is 0 Å². The fourth-order valence-corrected chi connectivity index (χ4v) is 6.67.